The molecule has 1 N–H and O–H groups in total. The van der Waals surface area contributed by atoms with Crippen molar-refractivity contribution in [3.8, 4) is 0 Å². The van der Waals surface area contributed by atoms with E-state index < -0.39 is 11.5 Å². The Morgan fingerprint density at radius 2 is 2.12 bits per heavy atom. The van der Waals surface area contributed by atoms with Gasteiger partial charge in [0.15, 0.2) is 5.76 Å². The van der Waals surface area contributed by atoms with Crippen LogP contribution in [-0.4, -0.2) is 18.6 Å². The minimum Gasteiger partial charge on any atom is -0.453 e. The maximum Gasteiger partial charge on any atom is 0.310 e. The highest BCUT2D eigenvalue weighted by Crippen LogP contribution is 2.10. The van der Waals surface area contributed by atoms with Gasteiger partial charge in [0, 0.05) is 7.11 Å². The van der Waals surface area contributed by atoms with Crippen molar-refractivity contribution in [1.29, 1.82) is 0 Å². The zero-order chi connectivity index (χ0) is 12.2. The summed E-state index contributed by atoms with van der Waals surface area (Å²) in [5.41, 5.74) is 1.89. The Morgan fingerprint density at radius 3 is 2.69 bits per heavy atom. The topological polar surface area (TPSA) is 60.7 Å². The van der Waals surface area contributed by atoms with Gasteiger partial charge in [-0.25, -0.2) is 5.48 Å². The summed E-state index contributed by atoms with van der Waals surface area (Å²) in [5.74, 6) is 0.400. The second-order valence-electron chi connectivity index (χ2n) is 4.34. The fourth-order valence-electron chi connectivity index (χ4n) is 0.970. The van der Waals surface area contributed by atoms with Gasteiger partial charge in [-0.3, -0.25) is 9.63 Å². The molecule has 1 amide bonds. The first kappa shape index (κ1) is 12.7. The molecule has 90 valence electrons. The largest absolute Gasteiger partial charge is 0.453 e. The van der Waals surface area contributed by atoms with Crippen LogP contribution in [0.25, 0.3) is 0 Å². The van der Waals surface area contributed by atoms with Crippen LogP contribution in [0, 0.1) is 0 Å². The van der Waals surface area contributed by atoms with E-state index in [4.69, 9.17) is 14.0 Å². The molecule has 0 saturated carbocycles. The summed E-state index contributed by atoms with van der Waals surface area (Å²) in [6, 6.07) is 3.27. The van der Waals surface area contributed by atoms with Gasteiger partial charge in [-0.1, -0.05) is 0 Å². The van der Waals surface area contributed by atoms with Gasteiger partial charge in [0.05, 0.1) is 5.60 Å². The third kappa shape index (κ3) is 4.04. The van der Waals surface area contributed by atoms with Crippen molar-refractivity contribution >= 4 is 5.91 Å². The smallest absolute Gasteiger partial charge is 0.310 e. The van der Waals surface area contributed by atoms with E-state index in [2.05, 4.69) is 5.48 Å². The second-order valence-corrected chi connectivity index (χ2v) is 4.34. The molecule has 5 nitrogen and oxygen atoms in total. The first-order valence-electron chi connectivity index (χ1n) is 4.98. The average molecular weight is 227 g/mol. The van der Waals surface area contributed by atoms with E-state index in [-0.39, 0.29) is 5.76 Å². The predicted octanol–water partition coefficient (Wildman–Crippen LogP) is 1.89. The molecule has 5 heteroatoms. The summed E-state index contributed by atoms with van der Waals surface area (Å²) in [4.78, 5) is 16.7. The van der Waals surface area contributed by atoms with Crippen molar-refractivity contribution in [2.45, 2.75) is 33.0 Å². The minimum absolute atomic E-state index is 0.205. The number of hydrogen-bond acceptors (Lipinski definition) is 4. The molecule has 0 bridgehead atoms. The van der Waals surface area contributed by atoms with E-state index in [1.54, 1.807) is 19.2 Å². The van der Waals surface area contributed by atoms with Crippen molar-refractivity contribution in [3.05, 3.63) is 23.7 Å². The van der Waals surface area contributed by atoms with Gasteiger partial charge >= 0.3 is 5.91 Å². The van der Waals surface area contributed by atoms with Gasteiger partial charge in [-0.05, 0) is 32.9 Å². The van der Waals surface area contributed by atoms with Crippen molar-refractivity contribution < 1.29 is 18.8 Å². The number of ether oxygens (including phenoxy) is 1. The summed E-state index contributed by atoms with van der Waals surface area (Å²) in [6.07, 6.45) is 0. The molecule has 1 heterocycles. The number of amides is 1. The molecule has 0 aliphatic carbocycles. The van der Waals surface area contributed by atoms with Gasteiger partial charge in [0.2, 0.25) is 0 Å². The van der Waals surface area contributed by atoms with Crippen LogP contribution in [0.3, 0.4) is 0 Å². The molecule has 0 spiro atoms. The molecule has 0 fully saturated rings. The van der Waals surface area contributed by atoms with Gasteiger partial charge < -0.3 is 9.15 Å². The average Bonchev–Trinajstić information content (AvgIpc) is 2.62. The summed E-state index contributed by atoms with van der Waals surface area (Å²) in [7, 11) is 1.56. The Labute approximate surface area is 94.7 Å². The standard InChI is InChI=1S/C11H17NO4/c1-11(2,3)16-12-10(13)9-6-5-8(15-9)7-14-4/h5-6H,7H2,1-4H3,(H,12,13). The van der Waals surface area contributed by atoms with E-state index in [1.165, 1.54) is 0 Å². The van der Waals surface area contributed by atoms with Crippen LogP contribution in [0.5, 0.6) is 0 Å². The normalized spacial score (nSPS) is 11.5. The lowest BCUT2D eigenvalue weighted by atomic mass is 10.2. The van der Waals surface area contributed by atoms with Gasteiger partial charge in [0.1, 0.15) is 12.4 Å². The van der Waals surface area contributed by atoms with E-state index in [0.29, 0.717) is 12.4 Å². The molecule has 0 aromatic carbocycles. The molecule has 0 radical (unpaired) electrons. The van der Waals surface area contributed by atoms with E-state index in [1.807, 2.05) is 20.8 Å². The monoisotopic (exact) mass is 227 g/mol. The van der Waals surface area contributed by atoms with Crippen molar-refractivity contribution in [1.82, 2.24) is 5.48 Å². The number of methoxy groups -OCH3 is 1. The SMILES string of the molecule is COCc1ccc(C(=O)NOC(C)(C)C)o1. The molecule has 1 aromatic rings. The molecule has 0 unspecified atom stereocenters. The zero-order valence-electron chi connectivity index (χ0n) is 9.99. The molecule has 0 saturated heterocycles. The number of hydroxylamine groups is 1. The maximum absolute atomic E-state index is 11.5. The van der Waals surface area contributed by atoms with Crippen LogP contribution in [0.15, 0.2) is 16.5 Å². The highest BCUT2D eigenvalue weighted by molar-refractivity contribution is 5.90. The van der Waals surface area contributed by atoms with Gasteiger partial charge in [-0.15, -0.1) is 0 Å². The van der Waals surface area contributed by atoms with Crippen LogP contribution in [-0.2, 0) is 16.2 Å². The molecular weight excluding hydrogens is 210 g/mol. The Hall–Kier alpha value is -1.33. The highest BCUT2D eigenvalue weighted by Gasteiger charge is 2.16. The lowest BCUT2D eigenvalue weighted by Gasteiger charge is -2.18. The number of carbonyl (C=O) groups is 1. The van der Waals surface area contributed by atoms with Crippen LogP contribution in [0.4, 0.5) is 0 Å². The molecule has 0 atom stereocenters. The second kappa shape index (κ2) is 5.14. The fourth-order valence-corrected chi connectivity index (χ4v) is 0.970. The quantitative estimate of drug-likeness (QED) is 0.798. The lowest BCUT2D eigenvalue weighted by Crippen LogP contribution is -2.33. The molecule has 0 aliphatic rings. The molecular formula is C11H17NO4. The van der Waals surface area contributed by atoms with E-state index in [9.17, 15) is 4.79 Å². The maximum atomic E-state index is 11.5. The molecule has 16 heavy (non-hydrogen) atoms. The van der Waals surface area contributed by atoms with Gasteiger partial charge in [0.25, 0.3) is 0 Å². The van der Waals surface area contributed by atoms with Crippen molar-refractivity contribution in [2.24, 2.45) is 0 Å². The number of rotatable bonds is 4. The third-order valence-corrected chi connectivity index (χ3v) is 1.62. The summed E-state index contributed by atoms with van der Waals surface area (Å²) in [6.45, 7) is 5.86. The fraction of sp³-hybridized carbons (Fsp3) is 0.545. The van der Waals surface area contributed by atoms with Crippen LogP contribution >= 0.6 is 0 Å². The third-order valence-electron chi connectivity index (χ3n) is 1.62. The number of carbonyl (C=O) groups excluding carboxylic acids is 1. The molecule has 1 aromatic heterocycles. The van der Waals surface area contributed by atoms with Gasteiger partial charge in [-0.2, -0.15) is 0 Å². The number of hydrogen-bond donors (Lipinski definition) is 1. The Bertz CT molecular complexity index is 351. The van der Waals surface area contributed by atoms with Crippen LogP contribution < -0.4 is 5.48 Å². The highest BCUT2D eigenvalue weighted by atomic mass is 16.7. The number of furan rings is 1. The van der Waals surface area contributed by atoms with Crippen LogP contribution in [0.2, 0.25) is 0 Å². The predicted molar refractivity (Wildman–Crippen MR) is 57.7 cm³/mol. The Morgan fingerprint density at radius 1 is 1.44 bits per heavy atom. The summed E-state index contributed by atoms with van der Waals surface area (Å²) < 4.78 is 10.1. The number of nitrogens with one attached hydrogen (secondary N) is 1. The van der Waals surface area contributed by atoms with Crippen molar-refractivity contribution in [3.63, 3.8) is 0 Å². The Kier molecular flexibility index (Phi) is 4.09. The van der Waals surface area contributed by atoms with Crippen LogP contribution in [0.1, 0.15) is 37.1 Å². The molecule has 1 rings (SSSR count). The first-order valence-corrected chi connectivity index (χ1v) is 4.98. The Balaban J connectivity index is 2.53. The summed E-state index contributed by atoms with van der Waals surface area (Å²) in [5, 5.41) is 0. The minimum atomic E-state index is -0.433. The zero-order valence-corrected chi connectivity index (χ0v) is 9.99. The lowest BCUT2D eigenvalue weighted by molar-refractivity contribution is -0.0599. The molecule has 0 aliphatic heterocycles. The van der Waals surface area contributed by atoms with E-state index in [0.717, 1.165) is 0 Å². The first-order chi connectivity index (χ1) is 7.42. The summed E-state index contributed by atoms with van der Waals surface area (Å²) >= 11 is 0. The van der Waals surface area contributed by atoms with E-state index >= 15 is 0 Å². The van der Waals surface area contributed by atoms with Crippen molar-refractivity contribution in [2.75, 3.05) is 7.11 Å².